The van der Waals surface area contributed by atoms with E-state index in [9.17, 15) is 4.39 Å². The van der Waals surface area contributed by atoms with E-state index in [1.54, 1.807) is 25.2 Å². The summed E-state index contributed by atoms with van der Waals surface area (Å²) in [6.45, 7) is 2.05. The molecule has 2 aromatic rings. The van der Waals surface area contributed by atoms with E-state index in [0.29, 0.717) is 11.7 Å². The smallest absolute Gasteiger partial charge is 0.227 e. The van der Waals surface area contributed by atoms with Gasteiger partial charge in [-0.05, 0) is 18.6 Å². The second kappa shape index (κ2) is 6.13. The standard InChI is InChI=1S/C14H16FN3O/c1-3-6-10-13(16-2)17-9-18-14(10)19-12-8-5-4-7-11(12)15/h4-5,7-9H,3,6H2,1-2H3,(H,16,17,18). The van der Waals surface area contributed by atoms with E-state index in [1.165, 1.54) is 12.4 Å². The van der Waals surface area contributed by atoms with Gasteiger partial charge < -0.3 is 10.1 Å². The molecule has 0 saturated carbocycles. The molecule has 0 unspecified atom stereocenters. The maximum absolute atomic E-state index is 13.6. The normalized spacial score (nSPS) is 10.3. The summed E-state index contributed by atoms with van der Waals surface area (Å²) in [6, 6.07) is 6.27. The number of benzene rings is 1. The van der Waals surface area contributed by atoms with Crippen LogP contribution in [-0.2, 0) is 6.42 Å². The Bertz CT molecular complexity index is 560. The first kappa shape index (κ1) is 13.3. The van der Waals surface area contributed by atoms with Crippen LogP contribution in [-0.4, -0.2) is 17.0 Å². The molecule has 0 fully saturated rings. The highest BCUT2D eigenvalue weighted by molar-refractivity contribution is 5.49. The van der Waals surface area contributed by atoms with Crippen LogP contribution in [0.1, 0.15) is 18.9 Å². The molecular weight excluding hydrogens is 245 g/mol. The number of hydrogen-bond donors (Lipinski definition) is 1. The summed E-state index contributed by atoms with van der Waals surface area (Å²) < 4.78 is 19.2. The van der Waals surface area contributed by atoms with Crippen LogP contribution in [0.4, 0.5) is 10.2 Å². The SMILES string of the molecule is CCCc1c(NC)ncnc1Oc1ccccc1F. The fourth-order valence-electron chi connectivity index (χ4n) is 1.81. The Morgan fingerprint density at radius 2 is 2.05 bits per heavy atom. The minimum absolute atomic E-state index is 0.167. The molecule has 0 saturated heterocycles. The van der Waals surface area contributed by atoms with Crippen molar-refractivity contribution in [3.63, 3.8) is 0 Å². The van der Waals surface area contributed by atoms with Crippen molar-refractivity contribution in [2.24, 2.45) is 0 Å². The highest BCUT2D eigenvalue weighted by atomic mass is 19.1. The maximum atomic E-state index is 13.6. The molecule has 0 bridgehead atoms. The lowest BCUT2D eigenvalue weighted by Gasteiger charge is -2.12. The van der Waals surface area contributed by atoms with Crippen molar-refractivity contribution in [1.82, 2.24) is 9.97 Å². The summed E-state index contributed by atoms with van der Waals surface area (Å²) in [5.41, 5.74) is 0.857. The Morgan fingerprint density at radius 3 is 2.74 bits per heavy atom. The lowest BCUT2D eigenvalue weighted by atomic mass is 10.1. The van der Waals surface area contributed by atoms with Crippen molar-refractivity contribution in [3.05, 3.63) is 42.0 Å². The molecule has 0 radical (unpaired) electrons. The number of ether oxygens (including phenoxy) is 1. The first-order chi connectivity index (χ1) is 9.26. The van der Waals surface area contributed by atoms with E-state index >= 15 is 0 Å². The lowest BCUT2D eigenvalue weighted by Crippen LogP contribution is -2.03. The molecule has 4 nitrogen and oxygen atoms in total. The first-order valence-corrected chi connectivity index (χ1v) is 6.20. The topological polar surface area (TPSA) is 47.0 Å². The fourth-order valence-corrected chi connectivity index (χ4v) is 1.81. The number of halogens is 1. The summed E-state index contributed by atoms with van der Waals surface area (Å²) in [5.74, 6) is 0.865. The van der Waals surface area contributed by atoms with E-state index in [-0.39, 0.29) is 5.75 Å². The molecule has 1 aromatic heterocycles. The summed E-state index contributed by atoms with van der Waals surface area (Å²) in [4.78, 5) is 8.25. The summed E-state index contributed by atoms with van der Waals surface area (Å²) >= 11 is 0. The highest BCUT2D eigenvalue weighted by Crippen LogP contribution is 2.29. The maximum Gasteiger partial charge on any atom is 0.227 e. The van der Waals surface area contributed by atoms with Crippen molar-refractivity contribution >= 4 is 5.82 Å². The summed E-state index contributed by atoms with van der Waals surface area (Å²) in [7, 11) is 1.79. The van der Waals surface area contributed by atoms with Gasteiger partial charge in [0, 0.05) is 7.05 Å². The number of anilines is 1. The Labute approximate surface area is 111 Å². The van der Waals surface area contributed by atoms with Crippen molar-refractivity contribution < 1.29 is 9.13 Å². The van der Waals surface area contributed by atoms with Gasteiger partial charge in [0.15, 0.2) is 11.6 Å². The van der Waals surface area contributed by atoms with Gasteiger partial charge in [-0.2, -0.15) is 0 Å². The van der Waals surface area contributed by atoms with Gasteiger partial charge in [0.05, 0.1) is 5.56 Å². The third kappa shape index (κ3) is 2.99. The molecule has 0 aliphatic heterocycles. The number of hydrogen-bond acceptors (Lipinski definition) is 4. The van der Waals surface area contributed by atoms with Gasteiger partial charge >= 0.3 is 0 Å². The molecule has 0 aliphatic carbocycles. The van der Waals surface area contributed by atoms with E-state index < -0.39 is 5.82 Å². The second-order valence-electron chi connectivity index (χ2n) is 4.04. The monoisotopic (exact) mass is 261 g/mol. The number of nitrogens with one attached hydrogen (secondary N) is 1. The van der Waals surface area contributed by atoms with Gasteiger partial charge in [-0.25, -0.2) is 14.4 Å². The molecular formula is C14H16FN3O. The number of nitrogens with zero attached hydrogens (tertiary/aromatic N) is 2. The number of para-hydroxylation sites is 1. The van der Waals surface area contributed by atoms with Crippen LogP contribution in [0.15, 0.2) is 30.6 Å². The third-order valence-electron chi connectivity index (χ3n) is 2.69. The zero-order valence-electron chi connectivity index (χ0n) is 11.0. The van der Waals surface area contributed by atoms with Crippen molar-refractivity contribution in [2.75, 3.05) is 12.4 Å². The first-order valence-electron chi connectivity index (χ1n) is 6.20. The highest BCUT2D eigenvalue weighted by Gasteiger charge is 2.13. The molecule has 19 heavy (non-hydrogen) atoms. The molecule has 1 heterocycles. The molecule has 2 rings (SSSR count). The van der Waals surface area contributed by atoms with Gasteiger partial charge in [0.2, 0.25) is 5.88 Å². The number of rotatable bonds is 5. The quantitative estimate of drug-likeness (QED) is 0.896. The third-order valence-corrected chi connectivity index (χ3v) is 2.69. The molecule has 0 aliphatic rings. The zero-order chi connectivity index (χ0) is 13.7. The van der Waals surface area contributed by atoms with Crippen LogP contribution in [0, 0.1) is 5.82 Å². The Morgan fingerprint density at radius 1 is 1.26 bits per heavy atom. The molecule has 5 heteroatoms. The van der Waals surface area contributed by atoms with Crippen LogP contribution in [0.5, 0.6) is 11.6 Å². The second-order valence-corrected chi connectivity index (χ2v) is 4.04. The van der Waals surface area contributed by atoms with Gasteiger partial charge in [-0.3, -0.25) is 0 Å². The van der Waals surface area contributed by atoms with Gasteiger partial charge in [0.25, 0.3) is 0 Å². The van der Waals surface area contributed by atoms with E-state index in [0.717, 1.165) is 18.4 Å². The van der Waals surface area contributed by atoms with E-state index in [1.807, 2.05) is 0 Å². The van der Waals surface area contributed by atoms with E-state index in [4.69, 9.17) is 4.74 Å². The predicted octanol–water partition coefficient (Wildman–Crippen LogP) is 3.40. The minimum atomic E-state index is -0.408. The molecule has 0 atom stereocenters. The fraction of sp³-hybridized carbons (Fsp3) is 0.286. The average Bonchev–Trinajstić information content (AvgIpc) is 2.43. The number of aromatic nitrogens is 2. The van der Waals surface area contributed by atoms with Crippen molar-refractivity contribution in [3.8, 4) is 11.6 Å². The van der Waals surface area contributed by atoms with E-state index in [2.05, 4.69) is 22.2 Å². The Kier molecular flexibility index (Phi) is 4.28. The average molecular weight is 261 g/mol. The van der Waals surface area contributed by atoms with Gasteiger partial charge in [-0.15, -0.1) is 0 Å². The van der Waals surface area contributed by atoms with Gasteiger partial charge in [0.1, 0.15) is 12.1 Å². The van der Waals surface area contributed by atoms with Crippen LogP contribution in [0.2, 0.25) is 0 Å². The summed E-state index contributed by atoms with van der Waals surface area (Å²) in [5, 5.41) is 3.00. The van der Waals surface area contributed by atoms with Crippen molar-refractivity contribution in [1.29, 1.82) is 0 Å². The largest absolute Gasteiger partial charge is 0.435 e. The van der Waals surface area contributed by atoms with Crippen molar-refractivity contribution in [2.45, 2.75) is 19.8 Å². The van der Waals surface area contributed by atoms with Gasteiger partial charge in [-0.1, -0.05) is 25.5 Å². The van der Waals surface area contributed by atoms with Crippen LogP contribution >= 0.6 is 0 Å². The molecule has 1 N–H and O–H groups in total. The lowest BCUT2D eigenvalue weighted by molar-refractivity contribution is 0.421. The van der Waals surface area contributed by atoms with Crippen LogP contribution < -0.4 is 10.1 Å². The predicted molar refractivity (Wildman–Crippen MR) is 72.0 cm³/mol. The van der Waals surface area contributed by atoms with Crippen LogP contribution in [0.25, 0.3) is 0 Å². The Balaban J connectivity index is 2.37. The zero-order valence-corrected chi connectivity index (χ0v) is 11.0. The summed E-state index contributed by atoms with van der Waals surface area (Å²) in [6.07, 6.45) is 3.09. The molecule has 100 valence electrons. The molecule has 0 spiro atoms. The molecule has 0 amide bonds. The Hall–Kier alpha value is -2.17. The minimum Gasteiger partial charge on any atom is -0.435 e. The van der Waals surface area contributed by atoms with Crippen LogP contribution in [0.3, 0.4) is 0 Å². The molecule has 1 aromatic carbocycles.